The summed E-state index contributed by atoms with van der Waals surface area (Å²) in [6, 6.07) is 23.8. The molecule has 9 heteroatoms. The number of H-pyrrole nitrogens is 1. The maximum Gasteiger partial charge on any atom is 0.252 e. The predicted octanol–water partition coefficient (Wildman–Crippen LogP) is 5.04. The zero-order chi connectivity index (χ0) is 28.1. The minimum Gasteiger partial charge on any atom is -0.497 e. The summed E-state index contributed by atoms with van der Waals surface area (Å²) < 4.78 is 12.5. The first kappa shape index (κ1) is 27.1. The van der Waals surface area contributed by atoms with E-state index in [1.54, 1.807) is 14.2 Å². The van der Waals surface area contributed by atoms with Crippen molar-refractivity contribution in [3.05, 3.63) is 111 Å². The third-order valence-electron chi connectivity index (χ3n) is 7.17. The van der Waals surface area contributed by atoms with Gasteiger partial charge in [0.05, 0.1) is 26.8 Å². The number of ether oxygens (including phenoxy) is 2. The highest BCUT2D eigenvalue weighted by molar-refractivity contribution is 5.79. The average molecular weight is 539 g/mol. The number of benzene rings is 3. The average Bonchev–Trinajstić information content (AvgIpc) is 3.42. The molecule has 0 unspecified atom stereocenters. The molecule has 5 rings (SSSR count). The molecule has 2 aromatic heterocycles. The van der Waals surface area contributed by atoms with Crippen molar-refractivity contribution < 1.29 is 9.47 Å². The number of pyridine rings is 1. The Morgan fingerprint density at radius 3 is 2.23 bits per heavy atom. The van der Waals surface area contributed by atoms with Crippen LogP contribution in [0, 0.1) is 6.92 Å². The molecule has 1 atom stereocenters. The molecule has 9 nitrogen and oxygen atoms in total. The highest BCUT2D eigenvalue weighted by atomic mass is 16.5. The molecule has 5 aromatic rings. The maximum atomic E-state index is 13.2. The summed E-state index contributed by atoms with van der Waals surface area (Å²) >= 11 is 0. The fraction of sp³-hybridized carbons (Fsp3) is 0.290. The van der Waals surface area contributed by atoms with E-state index in [0.29, 0.717) is 25.2 Å². The van der Waals surface area contributed by atoms with Crippen molar-refractivity contribution in [1.82, 2.24) is 30.1 Å². The number of nitrogens with one attached hydrogen (secondary N) is 1. The van der Waals surface area contributed by atoms with Crippen LogP contribution in [0.2, 0.25) is 0 Å². The monoisotopic (exact) mass is 538 g/mol. The Labute approximate surface area is 233 Å². The number of nitrogens with zero attached hydrogens (tertiary/aromatic N) is 5. The van der Waals surface area contributed by atoms with Crippen LogP contribution < -0.4 is 15.0 Å². The molecular formula is C31H34N6O3. The number of hydrogen-bond acceptors (Lipinski definition) is 7. The lowest BCUT2D eigenvalue weighted by Crippen LogP contribution is -2.32. The van der Waals surface area contributed by atoms with Gasteiger partial charge >= 0.3 is 0 Å². The standard InChI is InChI=1S/C31H34N6O3/c1-5-29(30-33-34-35-37(30)19-23-9-14-27(40-4)15-10-23)36(18-22-7-12-26(39-3)13-8-22)20-25-17-24-11-6-21(2)16-28(24)32-31(25)38/h6-17,29H,5,18-20H2,1-4H3,(H,32,38)/t29-/m1/s1. The first-order chi connectivity index (χ1) is 19.5. The molecule has 0 spiro atoms. The molecule has 0 fully saturated rings. The zero-order valence-corrected chi connectivity index (χ0v) is 23.3. The van der Waals surface area contributed by atoms with E-state index in [2.05, 4.69) is 38.4 Å². The second-order valence-corrected chi connectivity index (χ2v) is 9.93. The first-order valence-electron chi connectivity index (χ1n) is 13.4. The van der Waals surface area contributed by atoms with Crippen LogP contribution in [0.4, 0.5) is 0 Å². The van der Waals surface area contributed by atoms with Gasteiger partial charge in [-0.2, -0.15) is 0 Å². The van der Waals surface area contributed by atoms with Gasteiger partial charge < -0.3 is 14.5 Å². The summed E-state index contributed by atoms with van der Waals surface area (Å²) in [6.45, 7) is 5.69. The minimum absolute atomic E-state index is 0.0921. The molecule has 206 valence electrons. The smallest absolute Gasteiger partial charge is 0.252 e. The number of aryl methyl sites for hydroxylation is 1. The van der Waals surface area contributed by atoms with Crippen LogP contribution in [-0.2, 0) is 19.6 Å². The first-order valence-corrected chi connectivity index (χ1v) is 13.4. The maximum absolute atomic E-state index is 13.2. The van der Waals surface area contributed by atoms with Crippen molar-refractivity contribution in [3.8, 4) is 11.5 Å². The van der Waals surface area contributed by atoms with Crippen molar-refractivity contribution >= 4 is 10.9 Å². The summed E-state index contributed by atoms with van der Waals surface area (Å²) in [5, 5.41) is 13.8. The third-order valence-corrected chi connectivity index (χ3v) is 7.17. The van der Waals surface area contributed by atoms with Crippen LogP contribution >= 0.6 is 0 Å². The summed E-state index contributed by atoms with van der Waals surface area (Å²) in [6.07, 6.45) is 0.754. The molecule has 0 saturated heterocycles. The van der Waals surface area contributed by atoms with Gasteiger partial charge in [0.1, 0.15) is 11.5 Å². The number of rotatable bonds is 11. The Hall–Kier alpha value is -4.50. The number of methoxy groups -OCH3 is 2. The number of aromatic amines is 1. The number of tetrazole rings is 1. The van der Waals surface area contributed by atoms with Crippen molar-refractivity contribution in [3.63, 3.8) is 0 Å². The van der Waals surface area contributed by atoms with E-state index < -0.39 is 0 Å². The van der Waals surface area contributed by atoms with Crippen LogP contribution in [0.5, 0.6) is 11.5 Å². The topological polar surface area (TPSA) is 98.2 Å². The Morgan fingerprint density at radius 2 is 1.57 bits per heavy atom. The highest BCUT2D eigenvalue weighted by Gasteiger charge is 2.26. The molecule has 0 aliphatic carbocycles. The molecule has 40 heavy (non-hydrogen) atoms. The summed E-state index contributed by atoms with van der Waals surface area (Å²) in [5.41, 5.74) is 4.70. The number of hydrogen-bond donors (Lipinski definition) is 1. The Bertz CT molecular complexity index is 1630. The minimum atomic E-state index is -0.136. The number of fused-ring (bicyclic) bond motifs is 1. The molecule has 0 aliphatic heterocycles. The van der Waals surface area contributed by atoms with Gasteiger partial charge in [0.15, 0.2) is 5.82 Å². The lowest BCUT2D eigenvalue weighted by molar-refractivity contribution is 0.161. The number of aromatic nitrogens is 5. The quantitative estimate of drug-likeness (QED) is 0.252. The Balaban J connectivity index is 1.50. The molecule has 0 bridgehead atoms. The van der Waals surface area contributed by atoms with Crippen LogP contribution in [0.25, 0.3) is 10.9 Å². The molecule has 0 amide bonds. The Morgan fingerprint density at radius 1 is 0.900 bits per heavy atom. The van der Waals surface area contributed by atoms with Gasteiger partial charge in [0, 0.05) is 24.2 Å². The molecule has 3 aromatic carbocycles. The lowest BCUT2D eigenvalue weighted by Gasteiger charge is -2.30. The third kappa shape index (κ3) is 6.05. The summed E-state index contributed by atoms with van der Waals surface area (Å²) in [4.78, 5) is 18.6. The van der Waals surface area contributed by atoms with Crippen molar-refractivity contribution in [1.29, 1.82) is 0 Å². The molecular weight excluding hydrogens is 504 g/mol. The van der Waals surface area contributed by atoms with Crippen LogP contribution in [0.3, 0.4) is 0 Å². The summed E-state index contributed by atoms with van der Waals surface area (Å²) in [5.74, 6) is 2.35. The molecule has 1 N–H and O–H groups in total. The van der Waals surface area contributed by atoms with E-state index in [0.717, 1.165) is 51.3 Å². The predicted molar refractivity (Wildman–Crippen MR) is 154 cm³/mol. The molecule has 2 heterocycles. The van der Waals surface area contributed by atoms with Gasteiger partial charge in [-0.05, 0) is 82.2 Å². The van der Waals surface area contributed by atoms with Gasteiger partial charge in [0.25, 0.3) is 5.56 Å². The molecule has 0 radical (unpaired) electrons. The largest absolute Gasteiger partial charge is 0.497 e. The molecule has 0 saturated carbocycles. The Kier molecular flexibility index (Phi) is 8.21. The van der Waals surface area contributed by atoms with Crippen LogP contribution in [0.1, 0.15) is 47.5 Å². The van der Waals surface area contributed by atoms with E-state index in [-0.39, 0.29) is 11.6 Å². The van der Waals surface area contributed by atoms with Gasteiger partial charge in [0.2, 0.25) is 0 Å². The van der Waals surface area contributed by atoms with Crippen molar-refractivity contribution in [2.45, 2.75) is 45.9 Å². The van der Waals surface area contributed by atoms with Gasteiger partial charge in [-0.25, -0.2) is 4.68 Å². The second kappa shape index (κ2) is 12.1. The van der Waals surface area contributed by atoms with Gasteiger partial charge in [-0.15, -0.1) is 5.10 Å². The normalized spacial score (nSPS) is 12.1. The van der Waals surface area contributed by atoms with Crippen molar-refractivity contribution in [2.24, 2.45) is 0 Å². The van der Waals surface area contributed by atoms with Gasteiger partial charge in [-0.3, -0.25) is 9.69 Å². The summed E-state index contributed by atoms with van der Waals surface area (Å²) in [7, 11) is 3.31. The fourth-order valence-electron chi connectivity index (χ4n) is 5.01. The van der Waals surface area contributed by atoms with Crippen LogP contribution in [-0.4, -0.2) is 44.3 Å². The highest BCUT2D eigenvalue weighted by Crippen LogP contribution is 2.28. The molecule has 0 aliphatic rings. The zero-order valence-electron chi connectivity index (χ0n) is 23.3. The SMILES string of the molecule is CC[C@H](c1nnnn1Cc1ccc(OC)cc1)N(Cc1ccc(OC)cc1)Cc1cc2ccc(C)cc2[nH]c1=O. The van der Waals surface area contributed by atoms with Crippen LogP contribution in [0.15, 0.2) is 77.6 Å². The van der Waals surface area contributed by atoms with Gasteiger partial charge in [-0.1, -0.05) is 43.3 Å². The second-order valence-electron chi connectivity index (χ2n) is 9.93. The van der Waals surface area contributed by atoms with E-state index >= 15 is 0 Å². The fourth-order valence-corrected chi connectivity index (χ4v) is 5.01. The lowest BCUT2D eigenvalue weighted by atomic mass is 10.1. The van der Waals surface area contributed by atoms with Crippen molar-refractivity contribution in [2.75, 3.05) is 14.2 Å². The van der Waals surface area contributed by atoms with E-state index in [1.165, 1.54) is 0 Å². The van der Waals surface area contributed by atoms with E-state index in [1.807, 2.05) is 78.3 Å². The van der Waals surface area contributed by atoms with E-state index in [4.69, 9.17) is 9.47 Å². The van der Waals surface area contributed by atoms with E-state index in [9.17, 15) is 4.79 Å².